The fraction of sp³-hybridized carbons (Fsp3) is 0.375. The minimum atomic E-state index is -2.97. The first-order valence-electron chi connectivity index (χ1n) is 8.34. The normalized spacial score (nSPS) is 16.9. The fourth-order valence-electron chi connectivity index (χ4n) is 2.35. The van der Waals surface area contributed by atoms with E-state index in [9.17, 15) is 18.0 Å². The van der Waals surface area contributed by atoms with E-state index in [1.54, 1.807) is 0 Å². The maximum absolute atomic E-state index is 13.4. The van der Waals surface area contributed by atoms with E-state index in [1.807, 2.05) is 0 Å². The van der Waals surface area contributed by atoms with Crippen molar-refractivity contribution in [3.05, 3.63) is 35.3 Å². The molecule has 2 heterocycles. The van der Waals surface area contributed by atoms with E-state index in [0.29, 0.717) is 17.3 Å². The van der Waals surface area contributed by atoms with Gasteiger partial charge in [-0.25, -0.2) is 22.8 Å². The number of hydrogen-bond donors (Lipinski definition) is 3. The molecule has 12 heteroatoms. The van der Waals surface area contributed by atoms with Gasteiger partial charge in [0.1, 0.15) is 5.82 Å². The summed E-state index contributed by atoms with van der Waals surface area (Å²) in [4.78, 5) is 15.7. The Hall–Kier alpha value is -2.60. The number of nitrogens with two attached hydrogens (primary N) is 1. The Morgan fingerprint density at radius 2 is 2.25 bits per heavy atom. The van der Waals surface area contributed by atoms with Crippen LogP contribution in [0.15, 0.2) is 32.8 Å². The molecule has 2 aromatic rings. The number of thioether (sulfide) groups is 1. The molecule has 4 N–H and O–H groups in total. The molecule has 1 atom stereocenters. The lowest BCUT2D eigenvalue weighted by atomic mass is 10.1. The van der Waals surface area contributed by atoms with Gasteiger partial charge in [0.15, 0.2) is 16.6 Å². The van der Waals surface area contributed by atoms with E-state index in [0.717, 1.165) is 25.1 Å². The van der Waals surface area contributed by atoms with Crippen LogP contribution in [-0.4, -0.2) is 46.9 Å². The van der Waals surface area contributed by atoms with Crippen LogP contribution in [0.5, 0.6) is 0 Å². The summed E-state index contributed by atoms with van der Waals surface area (Å²) in [7, 11) is 0. The van der Waals surface area contributed by atoms with Crippen molar-refractivity contribution in [2.45, 2.75) is 23.9 Å². The molecule has 1 aliphatic heterocycles. The second-order valence-corrected chi connectivity index (χ2v) is 6.94. The van der Waals surface area contributed by atoms with Crippen LogP contribution < -0.4 is 16.4 Å². The Balaban J connectivity index is 1.61. The molecular formula is C16H17F3N6O2S. The summed E-state index contributed by atoms with van der Waals surface area (Å²) in [6.07, 6.45) is -2.15. The first kappa shape index (κ1) is 20.1. The third-order valence-corrected chi connectivity index (χ3v) is 4.90. The van der Waals surface area contributed by atoms with Gasteiger partial charge in [0.05, 0.1) is 17.3 Å². The molecule has 1 aromatic heterocycles. The lowest BCUT2D eigenvalue weighted by molar-refractivity contribution is -0.124. The predicted molar refractivity (Wildman–Crippen MR) is 96.2 cm³/mol. The zero-order chi connectivity index (χ0) is 20.1. The highest BCUT2D eigenvalue weighted by atomic mass is 32.2. The molecule has 1 fully saturated rings. The number of alkyl halides is 2. The molecule has 0 radical (unpaired) electrons. The van der Waals surface area contributed by atoms with Gasteiger partial charge < -0.3 is 16.4 Å². The molecular weight excluding hydrogens is 397 g/mol. The summed E-state index contributed by atoms with van der Waals surface area (Å²) in [6.45, 7) is 1.24. The number of halogens is 3. The molecule has 1 unspecified atom stereocenters. The Morgan fingerprint density at radius 1 is 1.46 bits per heavy atom. The number of benzene rings is 1. The maximum Gasteiger partial charge on any atom is 0.266 e. The van der Waals surface area contributed by atoms with Gasteiger partial charge in [-0.2, -0.15) is 0 Å². The van der Waals surface area contributed by atoms with Crippen LogP contribution in [0.25, 0.3) is 0 Å². The third-order valence-electron chi connectivity index (χ3n) is 3.95. The Kier molecular flexibility index (Phi) is 6.52. The highest BCUT2D eigenvalue weighted by Gasteiger charge is 2.24. The summed E-state index contributed by atoms with van der Waals surface area (Å²) in [5.74, 6) is -0.708. The number of nitrogens with one attached hydrogen (secondary N) is 2. The molecule has 28 heavy (non-hydrogen) atoms. The van der Waals surface area contributed by atoms with E-state index in [4.69, 9.17) is 5.73 Å². The van der Waals surface area contributed by atoms with Gasteiger partial charge in [0.25, 0.3) is 6.43 Å². The van der Waals surface area contributed by atoms with E-state index in [2.05, 4.69) is 30.6 Å². The number of carbonyl (C=O) groups is 1. The summed E-state index contributed by atoms with van der Waals surface area (Å²) in [6, 6.07) is 2.89. The van der Waals surface area contributed by atoms with Crippen molar-refractivity contribution in [3.8, 4) is 0 Å². The predicted octanol–water partition coefficient (Wildman–Crippen LogP) is 1.75. The lowest BCUT2D eigenvalue weighted by Gasteiger charge is -2.26. The summed E-state index contributed by atoms with van der Waals surface area (Å²) in [5, 5.41) is 13.5. The number of nitrogens with zero attached hydrogens (tertiary/aromatic N) is 3. The Morgan fingerprint density at radius 3 is 2.93 bits per heavy atom. The fourth-order valence-corrected chi connectivity index (χ4v) is 3.11. The summed E-state index contributed by atoms with van der Waals surface area (Å²) < 4.78 is 43.6. The van der Waals surface area contributed by atoms with Gasteiger partial charge in [-0.05, 0) is 41.5 Å². The first-order valence-corrected chi connectivity index (χ1v) is 9.33. The molecule has 0 spiro atoms. The van der Waals surface area contributed by atoms with Crippen LogP contribution in [-0.2, 0) is 4.79 Å². The van der Waals surface area contributed by atoms with Crippen molar-refractivity contribution in [2.24, 2.45) is 10.7 Å². The van der Waals surface area contributed by atoms with Gasteiger partial charge >= 0.3 is 0 Å². The third kappa shape index (κ3) is 4.81. The SMILES string of the molecule is NC(=Nc1ccc(F)c(C(F)F)c1)c1nonc1SCCNC(=O)C1CCN1. The van der Waals surface area contributed by atoms with Gasteiger partial charge in [-0.15, -0.1) is 0 Å². The number of amides is 1. The molecule has 1 saturated heterocycles. The minimum Gasteiger partial charge on any atom is -0.382 e. The lowest BCUT2D eigenvalue weighted by Crippen LogP contribution is -2.53. The van der Waals surface area contributed by atoms with Crippen LogP contribution in [0.3, 0.4) is 0 Å². The van der Waals surface area contributed by atoms with Crippen LogP contribution >= 0.6 is 11.8 Å². The van der Waals surface area contributed by atoms with Crippen molar-refractivity contribution in [1.82, 2.24) is 20.9 Å². The Labute approximate surface area is 162 Å². The first-order chi connectivity index (χ1) is 13.5. The highest BCUT2D eigenvalue weighted by Crippen LogP contribution is 2.27. The van der Waals surface area contributed by atoms with Crippen molar-refractivity contribution in [1.29, 1.82) is 0 Å². The second kappa shape index (κ2) is 9.06. The maximum atomic E-state index is 13.4. The quantitative estimate of drug-likeness (QED) is 0.261. The van der Waals surface area contributed by atoms with Gasteiger partial charge in [0.2, 0.25) is 5.91 Å². The van der Waals surface area contributed by atoms with Gasteiger partial charge in [0, 0.05) is 12.3 Å². The molecule has 0 aliphatic carbocycles. The van der Waals surface area contributed by atoms with E-state index in [1.165, 1.54) is 17.8 Å². The average Bonchev–Trinajstić information content (AvgIpc) is 3.07. The molecule has 1 aliphatic rings. The van der Waals surface area contributed by atoms with Crippen molar-refractivity contribution >= 4 is 29.2 Å². The zero-order valence-corrected chi connectivity index (χ0v) is 15.3. The minimum absolute atomic E-state index is 0.0495. The monoisotopic (exact) mass is 414 g/mol. The van der Waals surface area contributed by atoms with Gasteiger partial charge in [-0.1, -0.05) is 11.8 Å². The van der Waals surface area contributed by atoms with E-state index in [-0.39, 0.29) is 29.2 Å². The summed E-state index contributed by atoms with van der Waals surface area (Å²) >= 11 is 1.24. The number of carbonyl (C=O) groups excluding carboxylic acids is 1. The van der Waals surface area contributed by atoms with E-state index < -0.39 is 17.8 Å². The van der Waals surface area contributed by atoms with Crippen LogP contribution in [0, 0.1) is 5.82 Å². The second-order valence-electron chi connectivity index (χ2n) is 5.86. The largest absolute Gasteiger partial charge is 0.382 e. The van der Waals surface area contributed by atoms with E-state index >= 15 is 0 Å². The zero-order valence-electron chi connectivity index (χ0n) is 14.5. The topological polar surface area (TPSA) is 118 Å². The number of aromatic nitrogens is 2. The smallest absolute Gasteiger partial charge is 0.266 e. The van der Waals surface area contributed by atoms with Crippen molar-refractivity contribution < 1.29 is 22.6 Å². The number of hydrogen-bond acceptors (Lipinski definition) is 7. The number of amidine groups is 1. The molecule has 0 saturated carbocycles. The molecule has 150 valence electrons. The van der Waals surface area contributed by atoms with Crippen LogP contribution in [0.4, 0.5) is 18.9 Å². The standard InChI is InChI=1S/C16H17F3N6O2S/c17-10-2-1-8(7-9(10)13(18)19)23-14(20)12-16(25-27-24-12)28-6-5-22-15(26)11-3-4-21-11/h1-2,7,11,13,21H,3-6H2,(H2,20,23)(H,22,26). The van der Waals surface area contributed by atoms with Crippen LogP contribution in [0.1, 0.15) is 24.1 Å². The van der Waals surface area contributed by atoms with Gasteiger partial charge in [-0.3, -0.25) is 4.79 Å². The van der Waals surface area contributed by atoms with Crippen LogP contribution in [0.2, 0.25) is 0 Å². The van der Waals surface area contributed by atoms with Crippen molar-refractivity contribution in [3.63, 3.8) is 0 Å². The summed E-state index contributed by atoms with van der Waals surface area (Å²) in [5.41, 5.74) is 5.29. The highest BCUT2D eigenvalue weighted by molar-refractivity contribution is 7.99. The molecule has 1 amide bonds. The molecule has 3 rings (SSSR count). The molecule has 8 nitrogen and oxygen atoms in total. The number of aliphatic imine (C=N–C) groups is 1. The molecule has 1 aromatic carbocycles. The Bertz CT molecular complexity index is 872. The average molecular weight is 414 g/mol. The number of rotatable bonds is 8. The van der Waals surface area contributed by atoms with Crippen molar-refractivity contribution in [2.75, 3.05) is 18.8 Å². The molecule has 0 bridgehead atoms.